The highest BCUT2D eigenvalue weighted by Gasteiger charge is 2.30. The van der Waals surface area contributed by atoms with Gasteiger partial charge < -0.3 is 4.90 Å². The van der Waals surface area contributed by atoms with Crippen LogP contribution >= 0.6 is 0 Å². The molecule has 3 nitrogen and oxygen atoms in total. The van der Waals surface area contributed by atoms with Crippen molar-refractivity contribution in [2.24, 2.45) is 5.41 Å². The Morgan fingerprint density at radius 1 is 1.27 bits per heavy atom. The van der Waals surface area contributed by atoms with Crippen LogP contribution in [0.25, 0.3) is 0 Å². The van der Waals surface area contributed by atoms with Crippen molar-refractivity contribution in [2.45, 2.75) is 46.5 Å². The summed E-state index contributed by atoms with van der Waals surface area (Å²) >= 11 is 0. The summed E-state index contributed by atoms with van der Waals surface area (Å²) in [6.45, 7) is 7.58. The Morgan fingerprint density at radius 3 is 2.20 bits per heavy atom. The Labute approximate surface area is 91.8 Å². The number of Topliss-reactive ketones (excluding diaryl/α,β-unsaturated/α-hetero) is 1. The van der Waals surface area contributed by atoms with Crippen molar-refractivity contribution in [1.29, 1.82) is 0 Å². The van der Waals surface area contributed by atoms with Crippen molar-refractivity contribution in [3.8, 4) is 0 Å². The Bertz CT molecular complexity index is 252. The van der Waals surface area contributed by atoms with E-state index >= 15 is 0 Å². The molecule has 0 aromatic heterocycles. The van der Waals surface area contributed by atoms with Gasteiger partial charge in [-0.1, -0.05) is 20.3 Å². The van der Waals surface area contributed by atoms with Gasteiger partial charge in [-0.3, -0.25) is 9.59 Å². The number of carbonyl (C=O) groups excluding carboxylic acids is 2. The highest BCUT2D eigenvalue weighted by atomic mass is 16.2. The van der Waals surface area contributed by atoms with E-state index in [0.29, 0.717) is 5.41 Å². The minimum atomic E-state index is -0.0381. The second-order valence-corrected chi connectivity index (χ2v) is 4.92. The Kier molecular flexibility index (Phi) is 3.89. The third-order valence-electron chi connectivity index (χ3n) is 3.58. The van der Waals surface area contributed by atoms with Crippen LogP contribution in [-0.4, -0.2) is 29.7 Å². The van der Waals surface area contributed by atoms with Crippen LogP contribution in [0.2, 0.25) is 0 Å². The van der Waals surface area contributed by atoms with Crippen LogP contribution in [0.5, 0.6) is 0 Å². The summed E-state index contributed by atoms with van der Waals surface area (Å²) in [6.07, 6.45) is 3.37. The molecular formula is C12H21NO2. The Morgan fingerprint density at radius 2 is 1.80 bits per heavy atom. The van der Waals surface area contributed by atoms with E-state index in [-0.39, 0.29) is 18.1 Å². The third kappa shape index (κ3) is 3.33. The lowest BCUT2D eigenvalue weighted by molar-refractivity contribution is -0.136. The van der Waals surface area contributed by atoms with E-state index < -0.39 is 0 Å². The fourth-order valence-corrected chi connectivity index (χ4v) is 1.97. The Balaban J connectivity index is 2.43. The van der Waals surface area contributed by atoms with E-state index in [1.165, 1.54) is 13.3 Å². The summed E-state index contributed by atoms with van der Waals surface area (Å²) in [7, 11) is 0. The lowest BCUT2D eigenvalue weighted by Gasteiger charge is -2.38. The number of nitrogens with zero attached hydrogens (tertiary/aromatic N) is 1. The van der Waals surface area contributed by atoms with E-state index in [1.807, 2.05) is 4.90 Å². The van der Waals surface area contributed by atoms with Gasteiger partial charge in [0.2, 0.25) is 5.91 Å². The zero-order valence-corrected chi connectivity index (χ0v) is 10.0. The minimum absolute atomic E-state index is 0.000605. The van der Waals surface area contributed by atoms with E-state index in [4.69, 9.17) is 0 Å². The molecule has 1 rings (SSSR count). The van der Waals surface area contributed by atoms with Crippen LogP contribution in [0.3, 0.4) is 0 Å². The molecule has 0 saturated carbocycles. The molecule has 86 valence electrons. The zero-order valence-electron chi connectivity index (χ0n) is 10.0. The lowest BCUT2D eigenvalue weighted by atomic mass is 9.78. The van der Waals surface area contributed by atoms with Gasteiger partial charge in [-0.2, -0.15) is 0 Å². The SMILES string of the molecule is CCC1(C)CCN(C(=O)CC(C)=O)CC1. The molecule has 0 aromatic rings. The average molecular weight is 211 g/mol. The molecule has 0 radical (unpaired) electrons. The van der Waals surface area contributed by atoms with E-state index in [0.717, 1.165) is 25.9 Å². The largest absolute Gasteiger partial charge is 0.342 e. The number of amides is 1. The lowest BCUT2D eigenvalue weighted by Crippen LogP contribution is -2.42. The van der Waals surface area contributed by atoms with E-state index in [9.17, 15) is 9.59 Å². The molecule has 0 unspecified atom stereocenters. The number of ketones is 1. The summed E-state index contributed by atoms with van der Waals surface area (Å²) in [5.74, 6) is -0.0375. The molecule has 1 amide bonds. The Hall–Kier alpha value is -0.860. The van der Waals surface area contributed by atoms with Crippen LogP contribution in [0.15, 0.2) is 0 Å². The molecule has 1 aliphatic rings. The van der Waals surface area contributed by atoms with Crippen molar-refractivity contribution in [3.63, 3.8) is 0 Å². The van der Waals surface area contributed by atoms with Crippen LogP contribution < -0.4 is 0 Å². The monoisotopic (exact) mass is 211 g/mol. The number of hydrogen-bond acceptors (Lipinski definition) is 2. The average Bonchev–Trinajstić information content (AvgIpc) is 2.18. The number of likely N-dealkylation sites (tertiary alicyclic amines) is 1. The van der Waals surface area contributed by atoms with Crippen molar-refractivity contribution in [3.05, 3.63) is 0 Å². The first-order chi connectivity index (χ1) is 6.97. The standard InChI is InChI=1S/C12H21NO2/c1-4-12(3)5-7-13(8-6-12)11(15)9-10(2)14/h4-9H2,1-3H3. The summed E-state index contributed by atoms with van der Waals surface area (Å²) < 4.78 is 0. The molecule has 1 fully saturated rings. The van der Waals surface area contributed by atoms with Crippen molar-refractivity contribution >= 4 is 11.7 Å². The van der Waals surface area contributed by atoms with Gasteiger partial charge in [0.15, 0.2) is 0 Å². The summed E-state index contributed by atoms with van der Waals surface area (Å²) in [5.41, 5.74) is 0.396. The van der Waals surface area contributed by atoms with Gasteiger partial charge in [-0.25, -0.2) is 0 Å². The third-order valence-corrected chi connectivity index (χ3v) is 3.58. The normalized spacial score (nSPS) is 20.1. The molecule has 0 bridgehead atoms. The quantitative estimate of drug-likeness (QED) is 0.670. The first-order valence-electron chi connectivity index (χ1n) is 5.74. The predicted octanol–water partition coefficient (Wildman–Crippen LogP) is 2.00. The number of carbonyl (C=O) groups is 2. The van der Waals surface area contributed by atoms with Crippen molar-refractivity contribution in [2.75, 3.05) is 13.1 Å². The molecule has 1 heterocycles. The molecule has 15 heavy (non-hydrogen) atoms. The molecule has 0 atom stereocenters. The van der Waals surface area contributed by atoms with Crippen molar-refractivity contribution < 1.29 is 9.59 Å². The van der Waals surface area contributed by atoms with Crippen LogP contribution in [0, 0.1) is 5.41 Å². The molecule has 0 N–H and O–H groups in total. The molecule has 1 aliphatic heterocycles. The van der Waals surface area contributed by atoms with Gasteiger partial charge in [0, 0.05) is 13.1 Å². The molecule has 0 spiro atoms. The van der Waals surface area contributed by atoms with Crippen LogP contribution in [0.1, 0.15) is 46.5 Å². The summed E-state index contributed by atoms with van der Waals surface area (Å²) in [6, 6.07) is 0. The summed E-state index contributed by atoms with van der Waals surface area (Å²) in [5, 5.41) is 0. The van der Waals surface area contributed by atoms with E-state index in [1.54, 1.807) is 0 Å². The van der Waals surface area contributed by atoms with Gasteiger partial charge >= 0.3 is 0 Å². The van der Waals surface area contributed by atoms with Gasteiger partial charge in [0.1, 0.15) is 5.78 Å². The zero-order chi connectivity index (χ0) is 11.5. The number of piperidine rings is 1. The molecule has 0 aliphatic carbocycles. The van der Waals surface area contributed by atoms with Gasteiger partial charge in [-0.05, 0) is 25.2 Å². The smallest absolute Gasteiger partial charge is 0.230 e. The van der Waals surface area contributed by atoms with Crippen molar-refractivity contribution in [1.82, 2.24) is 4.90 Å². The molecule has 3 heteroatoms. The van der Waals surface area contributed by atoms with Crippen LogP contribution in [0.4, 0.5) is 0 Å². The first-order valence-corrected chi connectivity index (χ1v) is 5.74. The maximum atomic E-state index is 11.6. The fourth-order valence-electron chi connectivity index (χ4n) is 1.97. The second kappa shape index (κ2) is 4.77. The predicted molar refractivity (Wildman–Crippen MR) is 59.5 cm³/mol. The van der Waals surface area contributed by atoms with Gasteiger partial charge in [-0.15, -0.1) is 0 Å². The second-order valence-electron chi connectivity index (χ2n) is 4.92. The fraction of sp³-hybridized carbons (Fsp3) is 0.833. The topological polar surface area (TPSA) is 37.4 Å². The van der Waals surface area contributed by atoms with Crippen LogP contribution in [-0.2, 0) is 9.59 Å². The van der Waals surface area contributed by atoms with E-state index in [2.05, 4.69) is 13.8 Å². The molecule has 1 saturated heterocycles. The molecule has 0 aromatic carbocycles. The van der Waals surface area contributed by atoms with Gasteiger partial charge in [0.25, 0.3) is 0 Å². The number of hydrogen-bond donors (Lipinski definition) is 0. The maximum absolute atomic E-state index is 11.6. The summed E-state index contributed by atoms with van der Waals surface area (Å²) in [4.78, 5) is 24.3. The first kappa shape index (κ1) is 12.2. The maximum Gasteiger partial charge on any atom is 0.230 e. The molecular weight excluding hydrogens is 190 g/mol. The van der Waals surface area contributed by atoms with Gasteiger partial charge in [0.05, 0.1) is 6.42 Å². The minimum Gasteiger partial charge on any atom is -0.342 e. The highest BCUT2D eigenvalue weighted by molar-refractivity contribution is 5.96. The number of rotatable bonds is 3. The highest BCUT2D eigenvalue weighted by Crippen LogP contribution is 2.33.